The molecule has 0 amide bonds. The Labute approximate surface area is 98.8 Å². The first kappa shape index (κ1) is 11.0. The maximum atomic E-state index is 5.47. The highest BCUT2D eigenvalue weighted by Gasteiger charge is 2.04. The van der Waals surface area contributed by atoms with Gasteiger partial charge in [-0.1, -0.05) is 6.07 Å². The fourth-order valence-corrected chi connectivity index (χ4v) is 2.13. The van der Waals surface area contributed by atoms with E-state index in [2.05, 4.69) is 32.4 Å². The number of anilines is 1. The van der Waals surface area contributed by atoms with Crippen LogP contribution in [0.25, 0.3) is 0 Å². The molecular formula is C11H14N4S. The van der Waals surface area contributed by atoms with Gasteiger partial charge in [0.15, 0.2) is 0 Å². The van der Waals surface area contributed by atoms with Crippen LogP contribution < -0.4 is 10.6 Å². The molecule has 0 fully saturated rings. The molecule has 0 aliphatic carbocycles. The predicted octanol–water partition coefficient (Wildman–Crippen LogP) is 1.63. The maximum absolute atomic E-state index is 5.47. The first-order chi connectivity index (χ1) is 7.79. The molecule has 0 atom stereocenters. The average Bonchev–Trinajstić information content (AvgIpc) is 2.82. The Balaban J connectivity index is 2.05. The molecule has 2 N–H and O–H groups in total. The minimum absolute atomic E-state index is 0.432. The monoisotopic (exact) mass is 234 g/mol. The normalized spacial score (nSPS) is 10.4. The van der Waals surface area contributed by atoms with Gasteiger partial charge in [0.1, 0.15) is 5.82 Å². The number of nitrogens with two attached hydrogens (primary N) is 1. The van der Waals surface area contributed by atoms with Crippen molar-refractivity contribution < 1.29 is 0 Å². The lowest BCUT2D eigenvalue weighted by atomic mass is 10.4. The summed E-state index contributed by atoms with van der Waals surface area (Å²) in [6, 6.07) is 4.17. The summed E-state index contributed by atoms with van der Waals surface area (Å²) < 4.78 is 0. The number of hydrogen-bond donors (Lipinski definition) is 1. The van der Waals surface area contributed by atoms with E-state index in [9.17, 15) is 0 Å². The zero-order valence-electron chi connectivity index (χ0n) is 9.13. The molecule has 0 radical (unpaired) electrons. The van der Waals surface area contributed by atoms with Crippen LogP contribution >= 0.6 is 11.3 Å². The number of nitrogens with zero attached hydrogens (tertiary/aromatic N) is 3. The number of thiophene rings is 1. The minimum atomic E-state index is 0.432. The molecule has 0 saturated heterocycles. The Kier molecular flexibility index (Phi) is 3.48. The van der Waals surface area contributed by atoms with Gasteiger partial charge in [0.2, 0.25) is 0 Å². The van der Waals surface area contributed by atoms with Gasteiger partial charge in [-0.3, -0.25) is 4.98 Å². The van der Waals surface area contributed by atoms with Gasteiger partial charge < -0.3 is 10.6 Å². The molecule has 0 bridgehead atoms. The number of aromatic nitrogens is 2. The van der Waals surface area contributed by atoms with Gasteiger partial charge in [-0.05, 0) is 11.4 Å². The van der Waals surface area contributed by atoms with E-state index < -0.39 is 0 Å². The van der Waals surface area contributed by atoms with Gasteiger partial charge in [-0.15, -0.1) is 11.3 Å². The van der Waals surface area contributed by atoms with Crippen LogP contribution in [0.3, 0.4) is 0 Å². The quantitative estimate of drug-likeness (QED) is 0.873. The molecule has 2 heterocycles. The van der Waals surface area contributed by atoms with Crippen LogP contribution in [0.1, 0.15) is 10.6 Å². The van der Waals surface area contributed by atoms with Crippen LogP contribution in [0.4, 0.5) is 5.82 Å². The van der Waals surface area contributed by atoms with Crippen LogP contribution in [0.2, 0.25) is 0 Å². The van der Waals surface area contributed by atoms with Crippen molar-refractivity contribution in [2.24, 2.45) is 5.73 Å². The van der Waals surface area contributed by atoms with Crippen LogP contribution in [0.15, 0.2) is 29.9 Å². The summed E-state index contributed by atoms with van der Waals surface area (Å²) in [5.41, 5.74) is 6.28. The first-order valence-electron chi connectivity index (χ1n) is 5.04. The Morgan fingerprint density at radius 2 is 2.25 bits per heavy atom. The zero-order valence-corrected chi connectivity index (χ0v) is 9.94. The zero-order chi connectivity index (χ0) is 11.4. The van der Waals surface area contributed by atoms with Crippen molar-refractivity contribution in [2.45, 2.75) is 13.1 Å². The molecular weight excluding hydrogens is 220 g/mol. The van der Waals surface area contributed by atoms with Crippen molar-refractivity contribution in [3.05, 3.63) is 40.5 Å². The lowest BCUT2D eigenvalue weighted by Gasteiger charge is -2.16. The Morgan fingerprint density at radius 1 is 1.38 bits per heavy atom. The second-order valence-corrected chi connectivity index (χ2v) is 4.54. The van der Waals surface area contributed by atoms with Gasteiger partial charge in [0.05, 0.1) is 24.6 Å². The second kappa shape index (κ2) is 5.05. The fraction of sp³-hybridized carbons (Fsp3) is 0.273. The average molecular weight is 234 g/mol. The van der Waals surface area contributed by atoms with E-state index in [0.717, 1.165) is 18.1 Å². The summed E-state index contributed by atoms with van der Waals surface area (Å²) >= 11 is 1.74. The highest BCUT2D eigenvalue weighted by atomic mass is 32.1. The summed E-state index contributed by atoms with van der Waals surface area (Å²) in [7, 11) is 2.01. The molecule has 0 saturated carbocycles. The van der Waals surface area contributed by atoms with E-state index in [1.54, 1.807) is 23.7 Å². The molecule has 0 spiro atoms. The molecule has 2 rings (SSSR count). The van der Waals surface area contributed by atoms with E-state index in [-0.39, 0.29) is 0 Å². The largest absolute Gasteiger partial charge is 0.353 e. The Bertz CT molecular complexity index is 424. The maximum Gasteiger partial charge on any atom is 0.147 e. The Morgan fingerprint density at radius 3 is 2.81 bits per heavy atom. The van der Waals surface area contributed by atoms with E-state index >= 15 is 0 Å². The van der Waals surface area contributed by atoms with Crippen LogP contribution in [0.5, 0.6) is 0 Å². The summed E-state index contributed by atoms with van der Waals surface area (Å²) in [5.74, 6) is 0.866. The molecule has 0 aliphatic heterocycles. The molecule has 16 heavy (non-hydrogen) atoms. The van der Waals surface area contributed by atoms with Crippen LogP contribution in [-0.4, -0.2) is 17.0 Å². The highest BCUT2D eigenvalue weighted by Crippen LogP contribution is 2.15. The van der Waals surface area contributed by atoms with Crippen molar-refractivity contribution in [2.75, 3.05) is 11.9 Å². The predicted molar refractivity (Wildman–Crippen MR) is 66.3 cm³/mol. The Hall–Kier alpha value is -1.46. The third-order valence-corrected chi connectivity index (χ3v) is 3.13. The van der Waals surface area contributed by atoms with Crippen molar-refractivity contribution in [1.82, 2.24) is 9.97 Å². The van der Waals surface area contributed by atoms with Gasteiger partial charge in [0.25, 0.3) is 0 Å². The van der Waals surface area contributed by atoms with E-state index in [1.165, 1.54) is 4.88 Å². The van der Waals surface area contributed by atoms with Gasteiger partial charge >= 0.3 is 0 Å². The molecule has 0 unspecified atom stereocenters. The molecule has 2 aromatic rings. The van der Waals surface area contributed by atoms with Gasteiger partial charge in [0, 0.05) is 18.5 Å². The van der Waals surface area contributed by atoms with Gasteiger partial charge in [-0.25, -0.2) is 4.98 Å². The molecule has 0 aromatic carbocycles. The van der Waals surface area contributed by atoms with Crippen molar-refractivity contribution >= 4 is 17.2 Å². The summed E-state index contributed by atoms with van der Waals surface area (Å²) in [6.45, 7) is 1.29. The summed E-state index contributed by atoms with van der Waals surface area (Å²) in [4.78, 5) is 11.9. The highest BCUT2D eigenvalue weighted by molar-refractivity contribution is 7.09. The summed E-state index contributed by atoms with van der Waals surface area (Å²) in [6.07, 6.45) is 3.48. The lowest BCUT2D eigenvalue weighted by Crippen LogP contribution is -2.17. The van der Waals surface area contributed by atoms with Gasteiger partial charge in [-0.2, -0.15) is 0 Å². The molecule has 0 aliphatic rings. The molecule has 2 aromatic heterocycles. The van der Waals surface area contributed by atoms with Crippen molar-refractivity contribution in [3.63, 3.8) is 0 Å². The van der Waals surface area contributed by atoms with Crippen LogP contribution in [0, 0.1) is 0 Å². The smallest absolute Gasteiger partial charge is 0.147 e. The standard InChI is InChI=1S/C11H14N4S/c1-15(8-10-3-2-4-16-10)11-7-13-9(5-12)6-14-11/h2-4,6-7H,5,8,12H2,1H3. The topological polar surface area (TPSA) is 55.0 Å². The summed E-state index contributed by atoms with van der Waals surface area (Å²) in [5, 5.41) is 2.08. The van der Waals surface area contributed by atoms with E-state index in [4.69, 9.17) is 5.73 Å². The van der Waals surface area contributed by atoms with Crippen molar-refractivity contribution in [1.29, 1.82) is 0 Å². The van der Waals surface area contributed by atoms with E-state index in [1.807, 2.05) is 7.05 Å². The third-order valence-electron chi connectivity index (χ3n) is 2.27. The fourth-order valence-electron chi connectivity index (χ4n) is 1.37. The molecule has 84 valence electrons. The van der Waals surface area contributed by atoms with E-state index in [0.29, 0.717) is 6.54 Å². The number of rotatable bonds is 4. The molecule has 5 heteroatoms. The third kappa shape index (κ3) is 2.56. The molecule has 4 nitrogen and oxygen atoms in total. The first-order valence-corrected chi connectivity index (χ1v) is 5.92. The lowest BCUT2D eigenvalue weighted by molar-refractivity contribution is 0.883. The minimum Gasteiger partial charge on any atom is -0.353 e. The van der Waals surface area contributed by atoms with Crippen molar-refractivity contribution in [3.8, 4) is 0 Å². The van der Waals surface area contributed by atoms with Crippen LogP contribution in [-0.2, 0) is 13.1 Å². The second-order valence-electron chi connectivity index (χ2n) is 3.51. The number of hydrogen-bond acceptors (Lipinski definition) is 5. The SMILES string of the molecule is CN(Cc1cccs1)c1cnc(CN)cn1.